The molecule has 22 heavy (non-hydrogen) atoms. The van der Waals surface area contributed by atoms with Crippen LogP contribution in [0, 0.1) is 19.8 Å². The van der Waals surface area contributed by atoms with Crippen molar-refractivity contribution < 1.29 is 4.79 Å². The Bertz CT molecular complexity index is 803. The summed E-state index contributed by atoms with van der Waals surface area (Å²) in [6.45, 7) is 4.28. The van der Waals surface area contributed by atoms with Crippen LogP contribution >= 0.6 is 0 Å². The largest absolute Gasteiger partial charge is 0.292 e. The average Bonchev–Trinajstić information content (AvgIpc) is 3.29. The summed E-state index contributed by atoms with van der Waals surface area (Å²) in [6.07, 6.45) is 1.56. The molecule has 0 radical (unpaired) electrons. The van der Waals surface area contributed by atoms with Crippen LogP contribution in [0.5, 0.6) is 0 Å². The van der Waals surface area contributed by atoms with E-state index in [0.717, 1.165) is 23.4 Å². The predicted molar refractivity (Wildman–Crippen MR) is 89.0 cm³/mol. The first-order valence-corrected chi connectivity index (χ1v) is 7.90. The average molecular weight is 289 g/mol. The van der Waals surface area contributed by atoms with Crippen molar-refractivity contribution in [1.82, 2.24) is 0 Å². The van der Waals surface area contributed by atoms with Crippen LogP contribution in [0.3, 0.4) is 0 Å². The monoisotopic (exact) mass is 289 g/mol. The van der Waals surface area contributed by atoms with Crippen molar-refractivity contribution in [1.29, 1.82) is 0 Å². The SMILES string of the molecule is Cc1ccc(C2CC2C2=Nc3ccccc3CC2=O)cc1C. The molecule has 2 aliphatic rings. The van der Waals surface area contributed by atoms with Gasteiger partial charge in [0.15, 0.2) is 5.78 Å². The summed E-state index contributed by atoms with van der Waals surface area (Å²) in [5.41, 5.74) is 6.82. The third kappa shape index (κ3) is 2.19. The molecule has 1 aliphatic carbocycles. The third-order valence-corrected chi connectivity index (χ3v) is 4.97. The lowest BCUT2D eigenvalue weighted by atomic mass is 9.95. The Kier molecular flexibility index (Phi) is 3.00. The molecular formula is C20H19NO. The highest BCUT2D eigenvalue weighted by Gasteiger charge is 2.45. The highest BCUT2D eigenvalue weighted by Crippen LogP contribution is 2.50. The fraction of sp³-hybridized carbons (Fsp3) is 0.300. The van der Waals surface area contributed by atoms with E-state index in [2.05, 4.69) is 37.0 Å². The maximum absolute atomic E-state index is 12.4. The molecule has 1 saturated carbocycles. The van der Waals surface area contributed by atoms with Gasteiger partial charge < -0.3 is 0 Å². The number of fused-ring (bicyclic) bond motifs is 1. The van der Waals surface area contributed by atoms with Crippen molar-refractivity contribution in [2.75, 3.05) is 0 Å². The van der Waals surface area contributed by atoms with Crippen LogP contribution in [0.2, 0.25) is 0 Å². The van der Waals surface area contributed by atoms with Gasteiger partial charge in [-0.25, -0.2) is 4.99 Å². The summed E-state index contributed by atoms with van der Waals surface area (Å²) in [6, 6.07) is 14.6. The van der Waals surface area contributed by atoms with Gasteiger partial charge in [-0.05, 0) is 54.5 Å². The van der Waals surface area contributed by atoms with Crippen molar-refractivity contribution >= 4 is 17.2 Å². The van der Waals surface area contributed by atoms with Crippen LogP contribution in [0.4, 0.5) is 5.69 Å². The Balaban J connectivity index is 1.63. The third-order valence-electron chi connectivity index (χ3n) is 4.97. The summed E-state index contributed by atoms with van der Waals surface area (Å²) in [4.78, 5) is 17.1. The Morgan fingerprint density at radius 1 is 1.00 bits per heavy atom. The van der Waals surface area contributed by atoms with E-state index in [1.54, 1.807) is 0 Å². The van der Waals surface area contributed by atoms with E-state index in [1.807, 2.05) is 24.3 Å². The molecule has 0 N–H and O–H groups in total. The van der Waals surface area contributed by atoms with E-state index < -0.39 is 0 Å². The first kappa shape index (κ1) is 13.4. The predicted octanol–water partition coefficient (Wildman–Crippen LogP) is 4.30. The molecule has 0 bridgehead atoms. The molecule has 0 saturated heterocycles. The summed E-state index contributed by atoms with van der Waals surface area (Å²) in [7, 11) is 0. The molecule has 2 heteroatoms. The minimum absolute atomic E-state index is 0.204. The van der Waals surface area contributed by atoms with Gasteiger partial charge in [-0.3, -0.25) is 4.79 Å². The van der Waals surface area contributed by atoms with Crippen LogP contribution in [0.15, 0.2) is 47.5 Å². The zero-order valence-corrected chi connectivity index (χ0v) is 13.0. The molecule has 1 aliphatic heterocycles. The lowest BCUT2D eigenvalue weighted by Crippen LogP contribution is -2.22. The fourth-order valence-corrected chi connectivity index (χ4v) is 3.38. The first-order valence-electron chi connectivity index (χ1n) is 7.90. The van der Waals surface area contributed by atoms with Gasteiger partial charge in [0.05, 0.1) is 11.4 Å². The van der Waals surface area contributed by atoms with Crippen molar-refractivity contribution in [2.45, 2.75) is 32.6 Å². The Labute approximate surface area is 130 Å². The Morgan fingerprint density at radius 2 is 1.82 bits per heavy atom. The van der Waals surface area contributed by atoms with Crippen LogP contribution in [0.25, 0.3) is 0 Å². The zero-order chi connectivity index (χ0) is 15.3. The number of hydrogen-bond donors (Lipinski definition) is 0. The van der Waals surface area contributed by atoms with E-state index in [-0.39, 0.29) is 5.78 Å². The lowest BCUT2D eigenvalue weighted by molar-refractivity contribution is -0.112. The van der Waals surface area contributed by atoms with Crippen molar-refractivity contribution in [2.24, 2.45) is 10.9 Å². The molecule has 2 atom stereocenters. The zero-order valence-electron chi connectivity index (χ0n) is 13.0. The minimum Gasteiger partial charge on any atom is -0.292 e. The molecule has 1 fully saturated rings. The summed E-state index contributed by atoms with van der Waals surface area (Å²) in [5.74, 6) is 0.977. The van der Waals surface area contributed by atoms with Gasteiger partial charge in [0.1, 0.15) is 0 Å². The van der Waals surface area contributed by atoms with E-state index in [0.29, 0.717) is 18.3 Å². The second-order valence-electron chi connectivity index (χ2n) is 6.52. The van der Waals surface area contributed by atoms with Gasteiger partial charge in [0.2, 0.25) is 0 Å². The minimum atomic E-state index is 0.204. The van der Waals surface area contributed by atoms with Gasteiger partial charge in [-0.2, -0.15) is 0 Å². The summed E-state index contributed by atoms with van der Waals surface area (Å²) >= 11 is 0. The van der Waals surface area contributed by atoms with Gasteiger partial charge in [0, 0.05) is 12.3 Å². The maximum Gasteiger partial charge on any atom is 0.181 e. The Hall–Kier alpha value is -2.22. The molecular weight excluding hydrogens is 270 g/mol. The van der Waals surface area contributed by atoms with E-state index in [9.17, 15) is 4.79 Å². The van der Waals surface area contributed by atoms with Gasteiger partial charge in [-0.15, -0.1) is 0 Å². The molecule has 2 aromatic carbocycles. The summed E-state index contributed by atoms with van der Waals surface area (Å²) in [5, 5.41) is 0. The van der Waals surface area contributed by atoms with Crippen molar-refractivity contribution in [3.8, 4) is 0 Å². The molecule has 0 aromatic heterocycles. The number of Topliss-reactive ketones (excluding diaryl/α,β-unsaturated/α-hetero) is 1. The molecule has 0 amide bonds. The lowest BCUT2D eigenvalue weighted by Gasteiger charge is -2.14. The number of nitrogens with zero attached hydrogens (tertiary/aromatic N) is 1. The number of hydrogen-bond acceptors (Lipinski definition) is 2. The van der Waals surface area contributed by atoms with Gasteiger partial charge in [0.25, 0.3) is 0 Å². The summed E-state index contributed by atoms with van der Waals surface area (Å²) < 4.78 is 0. The first-order chi connectivity index (χ1) is 10.6. The number of ketones is 1. The number of rotatable bonds is 2. The maximum atomic E-state index is 12.4. The number of para-hydroxylation sites is 1. The molecule has 1 heterocycles. The second-order valence-corrected chi connectivity index (χ2v) is 6.52. The highest BCUT2D eigenvalue weighted by atomic mass is 16.1. The van der Waals surface area contributed by atoms with Crippen LogP contribution in [-0.2, 0) is 11.2 Å². The highest BCUT2D eigenvalue weighted by molar-refractivity contribution is 6.43. The molecule has 2 nitrogen and oxygen atoms in total. The Morgan fingerprint density at radius 3 is 2.64 bits per heavy atom. The van der Waals surface area contributed by atoms with E-state index in [1.165, 1.54) is 16.7 Å². The normalized spacial score (nSPS) is 23.0. The molecule has 110 valence electrons. The molecule has 2 unspecified atom stereocenters. The number of aliphatic imine (C=N–C) groups is 1. The topological polar surface area (TPSA) is 29.4 Å². The van der Waals surface area contributed by atoms with Crippen LogP contribution in [-0.4, -0.2) is 11.5 Å². The van der Waals surface area contributed by atoms with E-state index in [4.69, 9.17) is 0 Å². The second kappa shape index (κ2) is 4.91. The molecule has 2 aromatic rings. The van der Waals surface area contributed by atoms with E-state index >= 15 is 0 Å². The number of carbonyl (C=O) groups excluding carboxylic acids is 1. The van der Waals surface area contributed by atoms with Crippen molar-refractivity contribution in [3.05, 3.63) is 64.7 Å². The van der Waals surface area contributed by atoms with Crippen LogP contribution in [0.1, 0.15) is 34.6 Å². The van der Waals surface area contributed by atoms with Crippen molar-refractivity contribution in [3.63, 3.8) is 0 Å². The smallest absolute Gasteiger partial charge is 0.181 e. The molecule has 0 spiro atoms. The number of benzene rings is 2. The number of carbonyl (C=O) groups is 1. The molecule has 4 rings (SSSR count). The standard InChI is InChI=1S/C20H19NO/c1-12-7-8-14(9-13(12)2)16-11-17(16)20-19(22)10-15-5-3-4-6-18(15)21-20/h3-9,16-17H,10-11H2,1-2H3. The van der Waals surface area contributed by atoms with Gasteiger partial charge in [-0.1, -0.05) is 36.4 Å². The van der Waals surface area contributed by atoms with Crippen LogP contribution < -0.4 is 0 Å². The number of aryl methyl sites for hydroxylation is 2. The van der Waals surface area contributed by atoms with Gasteiger partial charge >= 0.3 is 0 Å². The fourth-order valence-electron chi connectivity index (χ4n) is 3.38. The quantitative estimate of drug-likeness (QED) is 0.810.